The number of rotatable bonds is 3. The first-order valence-corrected chi connectivity index (χ1v) is 8.15. The van der Waals surface area contributed by atoms with E-state index in [9.17, 15) is 13.5 Å². The van der Waals surface area contributed by atoms with Gasteiger partial charge in [-0.1, -0.05) is 27.5 Å². The molecule has 18 heavy (non-hydrogen) atoms. The molecule has 0 radical (unpaired) electrons. The van der Waals surface area contributed by atoms with Gasteiger partial charge in [0.2, 0.25) is 10.0 Å². The van der Waals surface area contributed by atoms with E-state index in [0.717, 1.165) is 10.9 Å². The van der Waals surface area contributed by atoms with Gasteiger partial charge < -0.3 is 5.11 Å². The Balaban J connectivity index is 2.42. The zero-order valence-electron chi connectivity index (χ0n) is 9.51. The summed E-state index contributed by atoms with van der Waals surface area (Å²) in [5, 5.41) is 9.40. The maximum Gasteiger partial charge on any atom is 0.244 e. The second kappa shape index (κ2) is 5.46. The number of aliphatic hydroxyl groups is 1. The predicted octanol–water partition coefficient (Wildman–Crippen LogP) is 2.25. The highest BCUT2D eigenvalue weighted by atomic mass is 79.9. The summed E-state index contributed by atoms with van der Waals surface area (Å²) in [6, 6.07) is 4.34. The molecule has 0 spiro atoms. The van der Waals surface area contributed by atoms with Crippen LogP contribution in [0.5, 0.6) is 0 Å². The molecule has 1 aromatic carbocycles. The van der Waals surface area contributed by atoms with E-state index in [4.69, 9.17) is 11.6 Å². The van der Waals surface area contributed by atoms with E-state index in [1.165, 1.54) is 10.4 Å². The second-order valence-electron chi connectivity index (χ2n) is 4.17. The molecular formula is C11H13BrClNO3S. The molecular weight excluding hydrogens is 342 g/mol. The maximum atomic E-state index is 12.5. The summed E-state index contributed by atoms with van der Waals surface area (Å²) < 4.78 is 27.0. The van der Waals surface area contributed by atoms with Crippen molar-refractivity contribution in [3.05, 3.63) is 27.7 Å². The summed E-state index contributed by atoms with van der Waals surface area (Å²) in [4.78, 5) is 0.0905. The molecule has 7 heteroatoms. The van der Waals surface area contributed by atoms with Crippen LogP contribution in [0.25, 0.3) is 0 Å². The third-order valence-corrected chi connectivity index (χ3v) is 5.94. The quantitative estimate of drug-likeness (QED) is 0.906. The van der Waals surface area contributed by atoms with Crippen molar-refractivity contribution in [1.82, 2.24) is 4.31 Å². The SMILES string of the molecule is O=S(=O)(c1ccc(Br)cc1Cl)N1CCC[C@@H]1CO. The highest BCUT2D eigenvalue weighted by Gasteiger charge is 2.35. The molecule has 1 aliphatic heterocycles. The molecule has 1 aromatic rings. The molecule has 0 aromatic heterocycles. The Morgan fingerprint density at radius 3 is 2.83 bits per heavy atom. The smallest absolute Gasteiger partial charge is 0.244 e. The van der Waals surface area contributed by atoms with Crippen molar-refractivity contribution < 1.29 is 13.5 Å². The van der Waals surface area contributed by atoms with Gasteiger partial charge in [-0.15, -0.1) is 0 Å². The summed E-state index contributed by atoms with van der Waals surface area (Å²) in [7, 11) is -3.63. The van der Waals surface area contributed by atoms with Gasteiger partial charge >= 0.3 is 0 Å². The third-order valence-electron chi connectivity index (χ3n) is 3.01. The zero-order chi connectivity index (χ0) is 13.3. The van der Waals surface area contributed by atoms with Crippen molar-refractivity contribution in [2.75, 3.05) is 13.2 Å². The average molecular weight is 355 g/mol. The van der Waals surface area contributed by atoms with Gasteiger partial charge in [0, 0.05) is 17.1 Å². The highest BCUT2D eigenvalue weighted by molar-refractivity contribution is 9.10. The summed E-state index contributed by atoms with van der Waals surface area (Å²) in [6.45, 7) is 0.271. The minimum Gasteiger partial charge on any atom is -0.395 e. The van der Waals surface area contributed by atoms with Gasteiger partial charge in [-0.2, -0.15) is 4.31 Å². The Hall–Kier alpha value is -0.140. The fourth-order valence-corrected chi connectivity index (χ4v) is 4.82. The van der Waals surface area contributed by atoms with Crippen molar-refractivity contribution in [3.8, 4) is 0 Å². The van der Waals surface area contributed by atoms with Crippen LogP contribution in [0.4, 0.5) is 0 Å². The molecule has 1 heterocycles. The highest BCUT2D eigenvalue weighted by Crippen LogP contribution is 2.31. The summed E-state index contributed by atoms with van der Waals surface area (Å²) >= 11 is 9.22. The number of aliphatic hydroxyl groups excluding tert-OH is 1. The molecule has 0 bridgehead atoms. The van der Waals surface area contributed by atoms with Crippen LogP contribution < -0.4 is 0 Å². The normalized spacial score (nSPS) is 21.4. The number of hydrogen-bond acceptors (Lipinski definition) is 3. The molecule has 100 valence electrons. The fraction of sp³-hybridized carbons (Fsp3) is 0.455. The predicted molar refractivity (Wildman–Crippen MR) is 73.2 cm³/mol. The first-order chi connectivity index (χ1) is 8.46. The van der Waals surface area contributed by atoms with Gasteiger partial charge in [-0.05, 0) is 31.0 Å². The first-order valence-electron chi connectivity index (χ1n) is 5.54. The lowest BCUT2D eigenvalue weighted by Gasteiger charge is -2.22. The van der Waals surface area contributed by atoms with E-state index >= 15 is 0 Å². The van der Waals surface area contributed by atoms with Crippen LogP contribution in [0, 0.1) is 0 Å². The molecule has 1 fully saturated rings. The molecule has 0 amide bonds. The van der Waals surface area contributed by atoms with Crippen molar-refractivity contribution in [3.63, 3.8) is 0 Å². The van der Waals surface area contributed by atoms with Crippen LogP contribution in [0.15, 0.2) is 27.6 Å². The van der Waals surface area contributed by atoms with Crippen molar-refractivity contribution in [2.24, 2.45) is 0 Å². The van der Waals surface area contributed by atoms with E-state index in [0.29, 0.717) is 13.0 Å². The Morgan fingerprint density at radius 1 is 1.50 bits per heavy atom. The number of halogens is 2. The van der Waals surface area contributed by atoms with Crippen LogP contribution in [0.2, 0.25) is 5.02 Å². The Labute approximate surface area is 120 Å². The van der Waals surface area contributed by atoms with Crippen LogP contribution in [0.3, 0.4) is 0 Å². The molecule has 1 atom stereocenters. The summed E-state index contributed by atoms with van der Waals surface area (Å²) in [5.74, 6) is 0. The van der Waals surface area contributed by atoms with E-state index in [1.807, 2.05) is 0 Å². The molecule has 4 nitrogen and oxygen atoms in total. The van der Waals surface area contributed by atoms with Gasteiger partial charge in [0.25, 0.3) is 0 Å². The Kier molecular flexibility index (Phi) is 4.33. The van der Waals surface area contributed by atoms with Gasteiger partial charge in [-0.3, -0.25) is 0 Å². The van der Waals surface area contributed by atoms with E-state index < -0.39 is 10.0 Å². The molecule has 2 rings (SSSR count). The van der Waals surface area contributed by atoms with Crippen LogP contribution in [-0.2, 0) is 10.0 Å². The topological polar surface area (TPSA) is 57.6 Å². The zero-order valence-corrected chi connectivity index (χ0v) is 12.7. The van der Waals surface area contributed by atoms with Crippen LogP contribution in [0.1, 0.15) is 12.8 Å². The van der Waals surface area contributed by atoms with E-state index in [2.05, 4.69) is 15.9 Å². The lowest BCUT2D eigenvalue weighted by molar-refractivity contribution is 0.213. The Morgan fingerprint density at radius 2 is 2.22 bits per heavy atom. The van der Waals surface area contributed by atoms with Crippen LogP contribution in [-0.4, -0.2) is 37.0 Å². The van der Waals surface area contributed by atoms with E-state index in [1.54, 1.807) is 12.1 Å². The van der Waals surface area contributed by atoms with Gasteiger partial charge in [0.05, 0.1) is 11.6 Å². The standard InChI is InChI=1S/C11H13BrClNO3S/c12-8-3-4-11(10(13)6-8)18(16,17)14-5-1-2-9(14)7-15/h3-4,6,9,15H,1-2,5,7H2/t9-/m1/s1. The number of nitrogens with zero attached hydrogens (tertiary/aromatic N) is 1. The lowest BCUT2D eigenvalue weighted by atomic mass is 10.2. The maximum absolute atomic E-state index is 12.5. The number of benzene rings is 1. The largest absolute Gasteiger partial charge is 0.395 e. The molecule has 1 N–H and O–H groups in total. The summed E-state index contributed by atoms with van der Waals surface area (Å²) in [6.07, 6.45) is 1.45. The van der Waals surface area contributed by atoms with Gasteiger partial charge in [0.1, 0.15) is 4.90 Å². The second-order valence-corrected chi connectivity index (χ2v) is 7.35. The van der Waals surface area contributed by atoms with E-state index in [-0.39, 0.29) is 22.6 Å². The fourth-order valence-electron chi connectivity index (χ4n) is 2.12. The van der Waals surface area contributed by atoms with Crippen molar-refractivity contribution >= 4 is 37.6 Å². The molecule has 1 aliphatic rings. The van der Waals surface area contributed by atoms with Crippen LogP contribution >= 0.6 is 27.5 Å². The van der Waals surface area contributed by atoms with Gasteiger partial charge in [-0.25, -0.2) is 8.42 Å². The number of sulfonamides is 1. The lowest BCUT2D eigenvalue weighted by Crippen LogP contribution is -2.37. The molecule has 0 unspecified atom stereocenters. The minimum absolute atomic E-state index is 0.0905. The van der Waals surface area contributed by atoms with Gasteiger partial charge in [0.15, 0.2) is 0 Å². The average Bonchev–Trinajstić information content (AvgIpc) is 2.76. The molecule has 1 saturated heterocycles. The third kappa shape index (κ3) is 2.58. The molecule has 0 saturated carbocycles. The summed E-state index contributed by atoms with van der Waals surface area (Å²) in [5.41, 5.74) is 0. The Bertz CT molecular complexity index is 549. The number of hydrogen-bond donors (Lipinski definition) is 1. The van der Waals surface area contributed by atoms with Crippen molar-refractivity contribution in [2.45, 2.75) is 23.8 Å². The first kappa shape index (κ1) is 14.3. The molecule has 0 aliphatic carbocycles. The monoisotopic (exact) mass is 353 g/mol. The minimum atomic E-state index is -3.63. The van der Waals surface area contributed by atoms with Crippen molar-refractivity contribution in [1.29, 1.82) is 0 Å².